The first-order valence-corrected chi connectivity index (χ1v) is 7.13. The summed E-state index contributed by atoms with van der Waals surface area (Å²) in [7, 11) is 0. The van der Waals surface area contributed by atoms with E-state index in [9.17, 15) is 4.79 Å². The average molecular weight is 265 g/mol. The molecule has 2 unspecified atom stereocenters. The molecule has 0 radical (unpaired) electrons. The maximum atomic E-state index is 12.3. The zero-order valence-corrected chi connectivity index (χ0v) is 11.7. The van der Waals surface area contributed by atoms with E-state index in [1.54, 1.807) is 0 Å². The molecule has 0 saturated carbocycles. The summed E-state index contributed by atoms with van der Waals surface area (Å²) in [6.07, 6.45) is 0.545. The fourth-order valence-corrected chi connectivity index (χ4v) is 2.71. The highest BCUT2D eigenvalue weighted by Crippen LogP contribution is 2.32. The quantitative estimate of drug-likeness (QED) is 0.773. The standard InChI is InChI=1S/C18H19NO/c1-14(16-10-6-3-7-11-16)19-13-17(19)18(20)12-15-8-4-2-5-9-15/h2-11,14,17H,12-13H2,1H3/t14-,17?,19?/m1/s1. The third-order valence-electron chi connectivity index (χ3n) is 4.02. The van der Waals surface area contributed by atoms with Gasteiger partial charge in [-0.1, -0.05) is 60.7 Å². The largest absolute Gasteiger partial charge is 0.298 e. The van der Waals surface area contributed by atoms with E-state index in [1.165, 1.54) is 5.56 Å². The molecule has 0 N–H and O–H groups in total. The Kier molecular flexibility index (Phi) is 3.66. The summed E-state index contributed by atoms with van der Waals surface area (Å²) in [5, 5.41) is 0. The van der Waals surface area contributed by atoms with Crippen LogP contribution in [0.1, 0.15) is 24.1 Å². The predicted molar refractivity (Wildman–Crippen MR) is 80.5 cm³/mol. The molecule has 1 heterocycles. The predicted octanol–water partition coefficient (Wildman–Crippen LogP) is 3.24. The third-order valence-corrected chi connectivity index (χ3v) is 4.02. The van der Waals surface area contributed by atoms with Crippen molar-refractivity contribution in [3.63, 3.8) is 0 Å². The summed E-state index contributed by atoms with van der Waals surface area (Å²) in [6, 6.07) is 20.8. The molecular weight excluding hydrogens is 246 g/mol. The van der Waals surface area contributed by atoms with Gasteiger partial charge in [0.25, 0.3) is 0 Å². The molecule has 2 heteroatoms. The van der Waals surface area contributed by atoms with Crippen LogP contribution in [0.4, 0.5) is 0 Å². The van der Waals surface area contributed by atoms with E-state index in [4.69, 9.17) is 0 Å². The lowest BCUT2D eigenvalue weighted by Gasteiger charge is -2.14. The van der Waals surface area contributed by atoms with Crippen molar-refractivity contribution >= 4 is 5.78 Å². The highest BCUT2D eigenvalue weighted by molar-refractivity contribution is 5.88. The van der Waals surface area contributed by atoms with Crippen LogP contribution in [0.15, 0.2) is 60.7 Å². The van der Waals surface area contributed by atoms with E-state index in [0.29, 0.717) is 18.2 Å². The van der Waals surface area contributed by atoms with Crippen LogP contribution in [0.5, 0.6) is 0 Å². The van der Waals surface area contributed by atoms with Gasteiger partial charge >= 0.3 is 0 Å². The zero-order chi connectivity index (χ0) is 13.9. The van der Waals surface area contributed by atoms with Crippen molar-refractivity contribution in [2.45, 2.75) is 25.4 Å². The minimum atomic E-state index is 0.102. The molecule has 2 aromatic rings. The number of carbonyl (C=O) groups excluding carboxylic acids is 1. The van der Waals surface area contributed by atoms with Gasteiger partial charge in [-0.2, -0.15) is 0 Å². The van der Waals surface area contributed by atoms with Gasteiger partial charge in [-0.05, 0) is 18.1 Å². The third kappa shape index (κ3) is 2.81. The number of Topliss-reactive ketones (excluding diaryl/α,β-unsaturated/α-hetero) is 1. The van der Waals surface area contributed by atoms with Gasteiger partial charge in [-0.25, -0.2) is 0 Å². The van der Waals surface area contributed by atoms with Gasteiger partial charge in [0.05, 0.1) is 6.04 Å². The van der Waals surface area contributed by atoms with Gasteiger partial charge in [0.1, 0.15) is 0 Å². The Morgan fingerprint density at radius 3 is 2.35 bits per heavy atom. The number of ketones is 1. The summed E-state index contributed by atoms with van der Waals surface area (Å²) in [5.41, 5.74) is 2.39. The molecule has 0 bridgehead atoms. The van der Waals surface area contributed by atoms with Gasteiger partial charge < -0.3 is 0 Å². The topological polar surface area (TPSA) is 20.1 Å². The normalized spacial score (nSPS) is 22.2. The fraction of sp³-hybridized carbons (Fsp3) is 0.278. The van der Waals surface area contributed by atoms with Crippen LogP contribution in [-0.4, -0.2) is 23.3 Å². The van der Waals surface area contributed by atoms with Gasteiger partial charge in [0.2, 0.25) is 0 Å². The summed E-state index contributed by atoms with van der Waals surface area (Å²) in [4.78, 5) is 14.5. The molecule has 0 aliphatic carbocycles. The molecule has 0 amide bonds. The Balaban J connectivity index is 1.60. The van der Waals surface area contributed by atoms with Crippen LogP contribution in [-0.2, 0) is 11.2 Å². The first-order chi connectivity index (χ1) is 9.75. The SMILES string of the molecule is C[C@H](c1ccccc1)N1CC1C(=O)Cc1ccccc1. The van der Waals surface area contributed by atoms with Crippen LogP contribution in [0.25, 0.3) is 0 Å². The van der Waals surface area contributed by atoms with Crippen molar-refractivity contribution in [2.24, 2.45) is 0 Å². The lowest BCUT2D eigenvalue weighted by atomic mass is 10.1. The molecule has 1 aliphatic heterocycles. The highest BCUT2D eigenvalue weighted by Gasteiger charge is 2.42. The molecule has 1 saturated heterocycles. The van der Waals surface area contributed by atoms with E-state index < -0.39 is 0 Å². The summed E-state index contributed by atoms with van der Waals surface area (Å²) >= 11 is 0. The minimum absolute atomic E-state index is 0.102. The van der Waals surface area contributed by atoms with Crippen LogP contribution >= 0.6 is 0 Å². The smallest absolute Gasteiger partial charge is 0.155 e. The van der Waals surface area contributed by atoms with Gasteiger partial charge in [-0.15, -0.1) is 0 Å². The maximum Gasteiger partial charge on any atom is 0.155 e. The summed E-state index contributed by atoms with van der Waals surface area (Å²) in [5.74, 6) is 0.332. The van der Waals surface area contributed by atoms with Crippen LogP contribution < -0.4 is 0 Å². The maximum absolute atomic E-state index is 12.3. The minimum Gasteiger partial charge on any atom is -0.298 e. The molecule has 2 nitrogen and oxygen atoms in total. The lowest BCUT2D eigenvalue weighted by Crippen LogP contribution is -2.17. The number of hydrogen-bond acceptors (Lipinski definition) is 2. The van der Waals surface area contributed by atoms with E-state index >= 15 is 0 Å². The molecular formula is C18H19NO. The number of hydrogen-bond donors (Lipinski definition) is 0. The van der Waals surface area contributed by atoms with Crippen molar-refractivity contribution in [3.8, 4) is 0 Å². The molecule has 1 aliphatic rings. The molecule has 3 atom stereocenters. The Labute approximate surface area is 120 Å². The molecule has 1 fully saturated rings. The van der Waals surface area contributed by atoms with E-state index in [-0.39, 0.29) is 6.04 Å². The van der Waals surface area contributed by atoms with Crippen LogP contribution in [0.3, 0.4) is 0 Å². The Morgan fingerprint density at radius 1 is 1.10 bits per heavy atom. The number of benzene rings is 2. The molecule has 3 rings (SSSR count). The summed E-state index contributed by atoms with van der Waals surface area (Å²) < 4.78 is 0. The van der Waals surface area contributed by atoms with Gasteiger partial charge in [-0.3, -0.25) is 9.69 Å². The monoisotopic (exact) mass is 265 g/mol. The van der Waals surface area contributed by atoms with E-state index in [0.717, 1.165) is 12.1 Å². The second-order valence-corrected chi connectivity index (χ2v) is 5.43. The Hall–Kier alpha value is -1.93. The molecule has 0 spiro atoms. The fourth-order valence-electron chi connectivity index (χ4n) is 2.71. The lowest BCUT2D eigenvalue weighted by molar-refractivity contribution is -0.118. The highest BCUT2D eigenvalue weighted by atomic mass is 16.1. The summed E-state index contributed by atoms with van der Waals surface area (Å²) in [6.45, 7) is 3.06. The number of rotatable bonds is 5. The van der Waals surface area contributed by atoms with Crippen molar-refractivity contribution in [1.29, 1.82) is 0 Å². The Morgan fingerprint density at radius 2 is 1.70 bits per heavy atom. The number of nitrogens with zero attached hydrogens (tertiary/aromatic N) is 1. The molecule has 102 valence electrons. The zero-order valence-electron chi connectivity index (χ0n) is 11.7. The Bertz CT molecular complexity index is 579. The van der Waals surface area contributed by atoms with Gasteiger partial charge in [0, 0.05) is 19.0 Å². The van der Waals surface area contributed by atoms with Gasteiger partial charge in [0.15, 0.2) is 5.78 Å². The first-order valence-electron chi connectivity index (χ1n) is 7.13. The van der Waals surface area contributed by atoms with Crippen LogP contribution in [0, 0.1) is 0 Å². The van der Waals surface area contributed by atoms with Crippen molar-refractivity contribution < 1.29 is 4.79 Å². The van der Waals surface area contributed by atoms with Crippen molar-refractivity contribution in [1.82, 2.24) is 4.90 Å². The van der Waals surface area contributed by atoms with E-state index in [2.05, 4.69) is 36.1 Å². The van der Waals surface area contributed by atoms with Crippen molar-refractivity contribution in [3.05, 3.63) is 71.8 Å². The van der Waals surface area contributed by atoms with Crippen LogP contribution in [0.2, 0.25) is 0 Å². The number of carbonyl (C=O) groups is 1. The average Bonchev–Trinajstić information content (AvgIpc) is 3.29. The molecule has 0 aromatic heterocycles. The second-order valence-electron chi connectivity index (χ2n) is 5.43. The molecule has 20 heavy (non-hydrogen) atoms. The second kappa shape index (κ2) is 5.59. The molecule has 2 aromatic carbocycles. The first kappa shape index (κ1) is 13.1. The van der Waals surface area contributed by atoms with Crippen molar-refractivity contribution in [2.75, 3.05) is 6.54 Å². The van der Waals surface area contributed by atoms with E-state index in [1.807, 2.05) is 36.4 Å².